The topological polar surface area (TPSA) is 63.3 Å². The fourth-order valence-corrected chi connectivity index (χ4v) is 2.51. The van der Waals surface area contributed by atoms with E-state index >= 15 is 0 Å². The van der Waals surface area contributed by atoms with Gasteiger partial charge in [0.2, 0.25) is 0 Å². The number of hydrogen-bond acceptors (Lipinski definition) is 3. The predicted octanol–water partition coefficient (Wildman–Crippen LogP) is 3.25. The van der Waals surface area contributed by atoms with Crippen LogP contribution in [0.4, 0.5) is 4.39 Å². The van der Waals surface area contributed by atoms with Gasteiger partial charge in [-0.3, -0.25) is 4.79 Å². The molecule has 0 atom stereocenters. The average Bonchev–Trinajstić information content (AvgIpc) is 3.05. The Hall–Kier alpha value is -3.02. The van der Waals surface area contributed by atoms with Gasteiger partial charge in [-0.15, -0.1) is 0 Å². The van der Waals surface area contributed by atoms with Crippen LogP contribution in [0.25, 0.3) is 10.9 Å². The number of nitrogens with one attached hydrogen (secondary N) is 2. The number of halogens is 1. The lowest BCUT2D eigenvalue weighted by Crippen LogP contribution is -2.23. The Morgan fingerprint density at radius 2 is 2.00 bits per heavy atom. The quantitative estimate of drug-likeness (QED) is 0.756. The number of rotatable bonds is 5. The SMILES string of the molecule is COc1ccc(CNC(=O)c2cc3c(F)cccc3[nH]2)c(OC)c1. The lowest BCUT2D eigenvalue weighted by molar-refractivity contribution is 0.0946. The molecule has 2 N–H and O–H groups in total. The molecule has 1 aromatic heterocycles. The maximum absolute atomic E-state index is 13.7. The Kier molecular flexibility index (Phi) is 4.37. The van der Waals surface area contributed by atoms with Crippen molar-refractivity contribution in [1.29, 1.82) is 0 Å². The van der Waals surface area contributed by atoms with E-state index in [-0.39, 0.29) is 18.3 Å². The highest BCUT2D eigenvalue weighted by Crippen LogP contribution is 2.24. The number of ether oxygens (including phenoxy) is 2. The van der Waals surface area contributed by atoms with Gasteiger partial charge in [-0.05, 0) is 30.3 Å². The molecule has 0 aliphatic heterocycles. The highest BCUT2D eigenvalue weighted by atomic mass is 19.1. The van der Waals surface area contributed by atoms with Gasteiger partial charge in [-0.1, -0.05) is 6.07 Å². The summed E-state index contributed by atoms with van der Waals surface area (Å²) < 4.78 is 24.1. The van der Waals surface area contributed by atoms with Crippen molar-refractivity contribution < 1.29 is 18.7 Å². The fraction of sp³-hybridized carbons (Fsp3) is 0.167. The molecule has 124 valence electrons. The minimum absolute atomic E-state index is 0.282. The van der Waals surface area contributed by atoms with Crippen LogP contribution in [-0.4, -0.2) is 25.1 Å². The molecule has 5 nitrogen and oxygen atoms in total. The fourth-order valence-electron chi connectivity index (χ4n) is 2.51. The van der Waals surface area contributed by atoms with Gasteiger partial charge in [0.05, 0.1) is 14.2 Å². The Balaban J connectivity index is 1.76. The van der Waals surface area contributed by atoms with E-state index in [4.69, 9.17) is 9.47 Å². The molecule has 24 heavy (non-hydrogen) atoms. The van der Waals surface area contributed by atoms with Crippen molar-refractivity contribution in [1.82, 2.24) is 10.3 Å². The summed E-state index contributed by atoms with van der Waals surface area (Å²) in [6, 6.07) is 11.6. The first-order valence-electron chi connectivity index (χ1n) is 7.38. The first-order chi connectivity index (χ1) is 11.6. The highest BCUT2D eigenvalue weighted by Gasteiger charge is 2.12. The van der Waals surface area contributed by atoms with Crippen molar-refractivity contribution in [3.8, 4) is 11.5 Å². The van der Waals surface area contributed by atoms with E-state index in [2.05, 4.69) is 10.3 Å². The normalized spacial score (nSPS) is 10.6. The van der Waals surface area contributed by atoms with Crippen LogP contribution in [-0.2, 0) is 6.54 Å². The summed E-state index contributed by atoms with van der Waals surface area (Å²) in [6.07, 6.45) is 0. The first kappa shape index (κ1) is 15.9. The summed E-state index contributed by atoms with van der Waals surface area (Å²) in [5.74, 6) is 0.619. The maximum Gasteiger partial charge on any atom is 0.268 e. The van der Waals surface area contributed by atoms with Crippen LogP contribution in [0.3, 0.4) is 0 Å². The van der Waals surface area contributed by atoms with Crippen LogP contribution >= 0.6 is 0 Å². The average molecular weight is 328 g/mol. The minimum Gasteiger partial charge on any atom is -0.497 e. The summed E-state index contributed by atoms with van der Waals surface area (Å²) in [5.41, 5.74) is 1.71. The number of aromatic nitrogens is 1. The Labute approximate surface area is 138 Å². The molecule has 0 unspecified atom stereocenters. The van der Waals surface area contributed by atoms with Crippen LogP contribution in [0, 0.1) is 5.82 Å². The number of aromatic amines is 1. The van der Waals surface area contributed by atoms with E-state index in [1.807, 2.05) is 6.07 Å². The number of amides is 1. The molecule has 0 spiro atoms. The molecular formula is C18H17FN2O3. The van der Waals surface area contributed by atoms with E-state index in [0.29, 0.717) is 28.1 Å². The van der Waals surface area contributed by atoms with Gasteiger partial charge < -0.3 is 19.8 Å². The summed E-state index contributed by atoms with van der Waals surface area (Å²) in [6.45, 7) is 0.282. The van der Waals surface area contributed by atoms with Crippen molar-refractivity contribution in [3.05, 3.63) is 59.5 Å². The molecule has 3 rings (SSSR count). The van der Waals surface area contributed by atoms with Crippen molar-refractivity contribution in [2.24, 2.45) is 0 Å². The molecule has 0 aliphatic rings. The third-order valence-electron chi connectivity index (χ3n) is 3.79. The number of carbonyl (C=O) groups excluding carboxylic acids is 1. The van der Waals surface area contributed by atoms with E-state index in [0.717, 1.165) is 5.56 Å². The monoisotopic (exact) mass is 328 g/mol. The number of H-pyrrole nitrogens is 1. The third-order valence-corrected chi connectivity index (χ3v) is 3.79. The predicted molar refractivity (Wildman–Crippen MR) is 89.0 cm³/mol. The summed E-state index contributed by atoms with van der Waals surface area (Å²) >= 11 is 0. The largest absolute Gasteiger partial charge is 0.497 e. The standard InChI is InChI=1S/C18H17FN2O3/c1-23-12-7-6-11(17(8-12)24-2)10-20-18(22)16-9-13-14(19)4-3-5-15(13)21-16/h3-9,21H,10H2,1-2H3,(H,20,22). The smallest absolute Gasteiger partial charge is 0.268 e. The van der Waals surface area contributed by atoms with Gasteiger partial charge in [-0.25, -0.2) is 4.39 Å². The molecule has 0 saturated carbocycles. The van der Waals surface area contributed by atoms with Crippen LogP contribution in [0.15, 0.2) is 42.5 Å². The number of benzene rings is 2. The highest BCUT2D eigenvalue weighted by molar-refractivity contribution is 5.98. The molecule has 0 aliphatic carbocycles. The van der Waals surface area contributed by atoms with Gasteiger partial charge >= 0.3 is 0 Å². The molecule has 1 heterocycles. The van der Waals surface area contributed by atoms with E-state index < -0.39 is 0 Å². The van der Waals surface area contributed by atoms with Gasteiger partial charge in [0.1, 0.15) is 23.0 Å². The number of carbonyl (C=O) groups is 1. The van der Waals surface area contributed by atoms with Crippen LogP contribution < -0.4 is 14.8 Å². The zero-order chi connectivity index (χ0) is 17.1. The zero-order valence-electron chi connectivity index (χ0n) is 13.4. The van der Waals surface area contributed by atoms with Crippen molar-refractivity contribution in [3.63, 3.8) is 0 Å². The van der Waals surface area contributed by atoms with E-state index in [1.165, 1.54) is 12.1 Å². The van der Waals surface area contributed by atoms with Crippen molar-refractivity contribution >= 4 is 16.8 Å². The first-order valence-corrected chi connectivity index (χ1v) is 7.38. The van der Waals surface area contributed by atoms with E-state index in [9.17, 15) is 9.18 Å². The van der Waals surface area contributed by atoms with Gasteiger partial charge in [-0.2, -0.15) is 0 Å². The van der Waals surface area contributed by atoms with Crippen LogP contribution in [0.5, 0.6) is 11.5 Å². The Bertz CT molecular complexity index is 889. The molecule has 3 aromatic rings. The van der Waals surface area contributed by atoms with E-state index in [1.54, 1.807) is 38.5 Å². The zero-order valence-corrected chi connectivity index (χ0v) is 13.4. The van der Waals surface area contributed by atoms with Crippen molar-refractivity contribution in [2.75, 3.05) is 14.2 Å². The van der Waals surface area contributed by atoms with Crippen LogP contribution in [0.2, 0.25) is 0 Å². The van der Waals surface area contributed by atoms with Gasteiger partial charge in [0.25, 0.3) is 5.91 Å². The molecule has 0 fully saturated rings. The molecular weight excluding hydrogens is 311 g/mol. The second-order valence-corrected chi connectivity index (χ2v) is 5.24. The lowest BCUT2D eigenvalue weighted by Gasteiger charge is -2.11. The molecule has 0 bridgehead atoms. The maximum atomic E-state index is 13.7. The van der Waals surface area contributed by atoms with Gasteiger partial charge in [0.15, 0.2) is 0 Å². The lowest BCUT2D eigenvalue weighted by atomic mass is 10.2. The summed E-state index contributed by atoms with van der Waals surface area (Å²) in [4.78, 5) is 15.2. The van der Waals surface area contributed by atoms with Crippen LogP contribution in [0.1, 0.15) is 16.1 Å². The summed E-state index contributed by atoms with van der Waals surface area (Å²) in [7, 11) is 3.13. The molecule has 0 radical (unpaired) electrons. The van der Waals surface area contributed by atoms with Crippen molar-refractivity contribution in [2.45, 2.75) is 6.54 Å². The summed E-state index contributed by atoms with van der Waals surface area (Å²) in [5, 5.41) is 3.19. The molecule has 2 aromatic carbocycles. The number of fused-ring (bicyclic) bond motifs is 1. The second-order valence-electron chi connectivity index (χ2n) is 5.24. The molecule has 1 amide bonds. The number of methoxy groups -OCH3 is 2. The third kappa shape index (κ3) is 3.03. The Morgan fingerprint density at radius 3 is 2.71 bits per heavy atom. The molecule has 0 saturated heterocycles. The molecule has 6 heteroatoms. The number of hydrogen-bond donors (Lipinski definition) is 2. The minimum atomic E-state index is -0.361. The van der Waals surface area contributed by atoms with Gasteiger partial charge in [0, 0.05) is 29.1 Å². The Morgan fingerprint density at radius 1 is 1.17 bits per heavy atom. The second kappa shape index (κ2) is 6.62.